The molecular formula is C13H18FNS. The Hall–Kier alpha value is -0.540. The van der Waals surface area contributed by atoms with Crippen LogP contribution in [0.15, 0.2) is 29.2 Å². The van der Waals surface area contributed by atoms with Gasteiger partial charge in [-0.15, -0.1) is 11.8 Å². The van der Waals surface area contributed by atoms with Crippen molar-refractivity contribution in [2.24, 2.45) is 11.7 Å². The fourth-order valence-corrected chi connectivity index (χ4v) is 3.86. The highest BCUT2D eigenvalue weighted by Gasteiger charge is 2.40. The highest BCUT2D eigenvalue weighted by molar-refractivity contribution is 8.00. The quantitative estimate of drug-likeness (QED) is 0.874. The Balaban J connectivity index is 2.22. The number of rotatable bonds is 3. The smallest absolute Gasteiger partial charge is 0.136 e. The fraction of sp³-hybridized carbons (Fsp3) is 0.538. The van der Waals surface area contributed by atoms with Crippen LogP contribution in [-0.4, -0.2) is 11.3 Å². The summed E-state index contributed by atoms with van der Waals surface area (Å²) < 4.78 is 13.7. The minimum Gasteiger partial charge on any atom is -0.329 e. The van der Waals surface area contributed by atoms with Crippen LogP contribution < -0.4 is 5.73 Å². The van der Waals surface area contributed by atoms with Crippen LogP contribution in [0.3, 0.4) is 0 Å². The van der Waals surface area contributed by atoms with Gasteiger partial charge in [-0.3, -0.25) is 0 Å². The van der Waals surface area contributed by atoms with E-state index in [1.165, 1.54) is 18.9 Å². The van der Waals surface area contributed by atoms with Crippen molar-refractivity contribution in [2.75, 3.05) is 6.54 Å². The zero-order chi connectivity index (χ0) is 11.6. The topological polar surface area (TPSA) is 26.0 Å². The summed E-state index contributed by atoms with van der Waals surface area (Å²) in [6.45, 7) is 2.86. The van der Waals surface area contributed by atoms with Gasteiger partial charge in [-0.05, 0) is 30.9 Å². The van der Waals surface area contributed by atoms with E-state index >= 15 is 0 Å². The molecule has 1 saturated carbocycles. The van der Waals surface area contributed by atoms with Crippen LogP contribution in [0, 0.1) is 11.7 Å². The predicted octanol–water partition coefficient (Wildman–Crippen LogP) is 3.44. The lowest BCUT2D eigenvalue weighted by Gasteiger charge is -2.31. The Morgan fingerprint density at radius 2 is 2.25 bits per heavy atom. The zero-order valence-electron chi connectivity index (χ0n) is 9.58. The Labute approximate surface area is 101 Å². The van der Waals surface area contributed by atoms with Crippen LogP contribution in [0.2, 0.25) is 0 Å². The minimum absolute atomic E-state index is 0.0438. The molecule has 1 aliphatic rings. The van der Waals surface area contributed by atoms with Gasteiger partial charge < -0.3 is 5.73 Å². The molecule has 0 aromatic heterocycles. The monoisotopic (exact) mass is 239 g/mol. The number of halogens is 1. The van der Waals surface area contributed by atoms with Crippen molar-refractivity contribution in [1.29, 1.82) is 0 Å². The first-order valence-electron chi connectivity index (χ1n) is 5.81. The summed E-state index contributed by atoms with van der Waals surface area (Å²) in [6.07, 6.45) is 3.52. The summed E-state index contributed by atoms with van der Waals surface area (Å²) in [7, 11) is 0. The van der Waals surface area contributed by atoms with Crippen molar-refractivity contribution in [3.05, 3.63) is 30.1 Å². The molecule has 0 spiro atoms. The molecular weight excluding hydrogens is 221 g/mol. The number of hydrogen-bond donors (Lipinski definition) is 1. The molecule has 2 N–H and O–H groups in total. The molecule has 2 atom stereocenters. The molecule has 0 bridgehead atoms. The summed E-state index contributed by atoms with van der Waals surface area (Å²) in [5.74, 6) is 0.446. The third kappa shape index (κ3) is 2.11. The first-order valence-corrected chi connectivity index (χ1v) is 6.63. The Bertz CT molecular complexity index is 369. The summed E-state index contributed by atoms with van der Waals surface area (Å²) >= 11 is 1.63. The van der Waals surface area contributed by atoms with E-state index in [0.717, 1.165) is 11.3 Å². The molecule has 0 saturated heterocycles. The normalized spacial score (nSPS) is 29.6. The molecule has 0 amide bonds. The standard InChI is InChI=1S/C13H18FNS/c1-10-5-4-8-13(10,9-15)16-12-7-3-2-6-11(12)14/h2-3,6-7,10H,4-5,8-9,15H2,1H3. The van der Waals surface area contributed by atoms with Gasteiger partial charge in [0, 0.05) is 16.2 Å². The Morgan fingerprint density at radius 3 is 2.81 bits per heavy atom. The minimum atomic E-state index is -0.126. The molecule has 1 nitrogen and oxygen atoms in total. The van der Waals surface area contributed by atoms with Crippen LogP contribution >= 0.6 is 11.8 Å². The van der Waals surface area contributed by atoms with Crippen molar-refractivity contribution in [1.82, 2.24) is 0 Å². The van der Waals surface area contributed by atoms with E-state index in [2.05, 4.69) is 6.92 Å². The number of thioether (sulfide) groups is 1. The van der Waals surface area contributed by atoms with Crippen molar-refractivity contribution in [3.63, 3.8) is 0 Å². The third-order valence-corrected chi connectivity index (χ3v) is 5.36. The van der Waals surface area contributed by atoms with E-state index in [1.54, 1.807) is 17.8 Å². The van der Waals surface area contributed by atoms with Crippen molar-refractivity contribution in [3.8, 4) is 0 Å². The molecule has 0 radical (unpaired) electrons. The van der Waals surface area contributed by atoms with Crippen LogP contribution in [0.25, 0.3) is 0 Å². The van der Waals surface area contributed by atoms with Crippen molar-refractivity contribution >= 4 is 11.8 Å². The van der Waals surface area contributed by atoms with Crippen LogP contribution in [0.4, 0.5) is 4.39 Å². The lowest BCUT2D eigenvalue weighted by atomic mass is 9.97. The number of benzene rings is 1. The molecule has 1 fully saturated rings. The van der Waals surface area contributed by atoms with E-state index in [9.17, 15) is 4.39 Å². The first-order chi connectivity index (χ1) is 7.68. The average molecular weight is 239 g/mol. The molecule has 0 aliphatic heterocycles. The number of nitrogens with two attached hydrogens (primary N) is 1. The highest BCUT2D eigenvalue weighted by Crippen LogP contribution is 2.48. The summed E-state index contributed by atoms with van der Waals surface area (Å²) in [6, 6.07) is 6.98. The van der Waals surface area contributed by atoms with Crippen LogP contribution in [0.5, 0.6) is 0 Å². The predicted molar refractivity (Wildman–Crippen MR) is 67.1 cm³/mol. The molecule has 88 valence electrons. The second-order valence-corrected chi connectivity index (χ2v) is 6.05. The van der Waals surface area contributed by atoms with Gasteiger partial charge in [-0.2, -0.15) is 0 Å². The van der Waals surface area contributed by atoms with Gasteiger partial charge in [0.15, 0.2) is 0 Å². The second kappa shape index (κ2) is 4.76. The molecule has 0 heterocycles. The first kappa shape index (κ1) is 11.9. The number of hydrogen-bond acceptors (Lipinski definition) is 2. The molecule has 16 heavy (non-hydrogen) atoms. The maximum atomic E-state index is 13.6. The molecule has 3 heteroatoms. The molecule has 1 aromatic carbocycles. The maximum Gasteiger partial charge on any atom is 0.136 e. The Kier molecular flexibility index (Phi) is 3.55. The van der Waals surface area contributed by atoms with Gasteiger partial charge in [-0.1, -0.05) is 25.5 Å². The SMILES string of the molecule is CC1CCCC1(CN)Sc1ccccc1F. The van der Waals surface area contributed by atoms with Gasteiger partial charge in [0.05, 0.1) is 0 Å². The molecule has 1 aromatic rings. The van der Waals surface area contributed by atoms with E-state index in [1.807, 2.05) is 12.1 Å². The summed E-state index contributed by atoms with van der Waals surface area (Å²) in [4.78, 5) is 0.738. The van der Waals surface area contributed by atoms with Gasteiger partial charge in [0.25, 0.3) is 0 Å². The van der Waals surface area contributed by atoms with Crippen LogP contribution in [-0.2, 0) is 0 Å². The molecule has 1 aliphatic carbocycles. The van der Waals surface area contributed by atoms with E-state index in [-0.39, 0.29) is 10.6 Å². The van der Waals surface area contributed by atoms with Gasteiger partial charge in [0.1, 0.15) is 5.82 Å². The molecule has 2 rings (SSSR count). The maximum absolute atomic E-state index is 13.6. The van der Waals surface area contributed by atoms with Crippen molar-refractivity contribution in [2.45, 2.75) is 35.8 Å². The average Bonchev–Trinajstić information content (AvgIpc) is 2.64. The lowest BCUT2D eigenvalue weighted by molar-refractivity contribution is 0.474. The zero-order valence-corrected chi connectivity index (χ0v) is 10.4. The van der Waals surface area contributed by atoms with E-state index in [4.69, 9.17) is 5.73 Å². The van der Waals surface area contributed by atoms with Crippen molar-refractivity contribution < 1.29 is 4.39 Å². The third-order valence-electron chi connectivity index (χ3n) is 3.63. The van der Waals surface area contributed by atoms with E-state index in [0.29, 0.717) is 12.5 Å². The Morgan fingerprint density at radius 1 is 1.50 bits per heavy atom. The van der Waals surface area contributed by atoms with Gasteiger partial charge in [0.2, 0.25) is 0 Å². The highest BCUT2D eigenvalue weighted by atomic mass is 32.2. The van der Waals surface area contributed by atoms with E-state index < -0.39 is 0 Å². The summed E-state index contributed by atoms with van der Waals surface area (Å²) in [5, 5.41) is 0. The second-order valence-electron chi connectivity index (χ2n) is 4.59. The van der Waals surface area contributed by atoms with Gasteiger partial charge >= 0.3 is 0 Å². The lowest BCUT2D eigenvalue weighted by Crippen LogP contribution is -2.36. The van der Waals surface area contributed by atoms with Crippen LogP contribution in [0.1, 0.15) is 26.2 Å². The largest absolute Gasteiger partial charge is 0.329 e. The molecule has 2 unspecified atom stereocenters. The fourth-order valence-electron chi connectivity index (χ4n) is 2.46. The summed E-state index contributed by atoms with van der Waals surface area (Å²) in [5.41, 5.74) is 5.91. The van der Waals surface area contributed by atoms with Gasteiger partial charge in [-0.25, -0.2) is 4.39 Å².